The summed E-state index contributed by atoms with van der Waals surface area (Å²) in [7, 11) is -4.19. The molecule has 1 aliphatic heterocycles. The second-order valence-corrected chi connectivity index (χ2v) is 6.54. The molecular weight excluding hydrogens is 313 g/mol. The average Bonchev–Trinajstić information content (AvgIpc) is 2.85. The molecule has 1 fully saturated rings. The lowest BCUT2D eigenvalue weighted by Crippen LogP contribution is -2.34. The predicted octanol–water partition coefficient (Wildman–Crippen LogP) is 0.965. The van der Waals surface area contributed by atoms with Crippen molar-refractivity contribution < 1.29 is 31.5 Å². The van der Waals surface area contributed by atoms with E-state index in [9.17, 15) is 26.4 Å². The van der Waals surface area contributed by atoms with Crippen molar-refractivity contribution in [3.05, 3.63) is 24.5 Å². The molecule has 0 unspecified atom stereocenters. The molecule has 2 rings (SSSR count). The van der Waals surface area contributed by atoms with Crippen LogP contribution in [0.5, 0.6) is 0 Å². The molecule has 1 saturated heterocycles. The van der Waals surface area contributed by atoms with E-state index in [0.717, 1.165) is 6.20 Å². The predicted molar refractivity (Wildman–Crippen MR) is 63.7 cm³/mol. The summed E-state index contributed by atoms with van der Waals surface area (Å²) in [6.45, 7) is -1.62. The van der Waals surface area contributed by atoms with E-state index in [1.807, 2.05) is 0 Å². The summed E-state index contributed by atoms with van der Waals surface area (Å²) in [5.41, 5.74) is 0. The second-order valence-electron chi connectivity index (χ2n) is 4.60. The molecule has 6 nitrogen and oxygen atoms in total. The Bertz CT molecular complexity index is 633. The third-order valence-corrected chi connectivity index (χ3v) is 5.11. The molecule has 0 amide bonds. The van der Waals surface area contributed by atoms with Crippen molar-refractivity contribution in [1.82, 2.24) is 9.29 Å². The van der Waals surface area contributed by atoms with E-state index in [4.69, 9.17) is 5.11 Å². The fourth-order valence-corrected chi connectivity index (χ4v) is 3.65. The number of alkyl halides is 3. The summed E-state index contributed by atoms with van der Waals surface area (Å²) < 4.78 is 63.5. The Morgan fingerprint density at radius 3 is 2.48 bits per heavy atom. The Morgan fingerprint density at radius 1 is 1.38 bits per heavy atom. The fourth-order valence-electron chi connectivity index (χ4n) is 2.19. The summed E-state index contributed by atoms with van der Waals surface area (Å²) >= 11 is 0. The van der Waals surface area contributed by atoms with Crippen molar-refractivity contribution in [3.8, 4) is 0 Å². The molecule has 2 heterocycles. The van der Waals surface area contributed by atoms with Crippen LogP contribution in [0.4, 0.5) is 13.2 Å². The molecule has 0 spiro atoms. The van der Waals surface area contributed by atoms with Gasteiger partial charge in [-0.05, 0) is 12.1 Å². The van der Waals surface area contributed by atoms with E-state index in [0.29, 0.717) is 4.31 Å². The summed E-state index contributed by atoms with van der Waals surface area (Å²) in [5, 5.41) is 8.87. The van der Waals surface area contributed by atoms with Crippen LogP contribution in [-0.2, 0) is 14.8 Å². The monoisotopic (exact) mass is 324 g/mol. The summed E-state index contributed by atoms with van der Waals surface area (Å²) in [6, 6.07) is 2.53. The van der Waals surface area contributed by atoms with Crippen molar-refractivity contribution in [1.29, 1.82) is 0 Å². The first-order valence-corrected chi connectivity index (χ1v) is 7.27. The van der Waals surface area contributed by atoms with Gasteiger partial charge < -0.3 is 5.11 Å². The van der Waals surface area contributed by atoms with Gasteiger partial charge in [0.2, 0.25) is 10.0 Å². The van der Waals surface area contributed by atoms with Crippen LogP contribution in [0.25, 0.3) is 0 Å². The number of carbonyl (C=O) groups is 1. The highest BCUT2D eigenvalue weighted by Gasteiger charge is 2.54. The average molecular weight is 324 g/mol. The van der Waals surface area contributed by atoms with Gasteiger partial charge in [0.25, 0.3) is 0 Å². The van der Waals surface area contributed by atoms with E-state index < -0.39 is 47.1 Å². The van der Waals surface area contributed by atoms with Crippen LogP contribution in [0.15, 0.2) is 29.4 Å². The summed E-state index contributed by atoms with van der Waals surface area (Å²) in [5.74, 6) is -5.70. The van der Waals surface area contributed by atoms with Gasteiger partial charge in [-0.15, -0.1) is 0 Å². The van der Waals surface area contributed by atoms with Crippen LogP contribution < -0.4 is 0 Å². The van der Waals surface area contributed by atoms with Gasteiger partial charge in [0.15, 0.2) is 0 Å². The number of hydrogen-bond donors (Lipinski definition) is 1. The second kappa shape index (κ2) is 5.26. The number of aliphatic carboxylic acids is 1. The molecular formula is C11H11F3N2O4S. The third kappa shape index (κ3) is 3.00. The third-order valence-electron chi connectivity index (χ3n) is 3.30. The number of carboxylic acids is 1. The van der Waals surface area contributed by atoms with Gasteiger partial charge in [-0.1, -0.05) is 0 Å². The van der Waals surface area contributed by atoms with Crippen molar-refractivity contribution in [2.24, 2.45) is 11.8 Å². The largest absolute Gasteiger partial charge is 0.481 e. The molecule has 116 valence electrons. The van der Waals surface area contributed by atoms with Crippen molar-refractivity contribution in [2.75, 3.05) is 13.1 Å². The molecule has 1 aromatic rings. The topological polar surface area (TPSA) is 87.6 Å². The Hall–Kier alpha value is -1.68. The first-order chi connectivity index (χ1) is 9.64. The Kier molecular flexibility index (Phi) is 3.93. The Balaban J connectivity index is 2.33. The van der Waals surface area contributed by atoms with Crippen LogP contribution in [-0.4, -0.2) is 48.0 Å². The van der Waals surface area contributed by atoms with Crippen LogP contribution in [0.3, 0.4) is 0 Å². The normalized spacial score (nSPS) is 24.1. The lowest BCUT2D eigenvalue weighted by Gasteiger charge is -2.18. The van der Waals surface area contributed by atoms with Gasteiger partial charge in [0, 0.05) is 25.5 Å². The molecule has 10 heteroatoms. The summed E-state index contributed by atoms with van der Waals surface area (Å²) in [4.78, 5) is 14.3. The number of pyridine rings is 1. The zero-order chi connectivity index (χ0) is 15.8. The minimum atomic E-state index is -4.78. The van der Waals surface area contributed by atoms with E-state index in [1.165, 1.54) is 18.3 Å². The van der Waals surface area contributed by atoms with Crippen LogP contribution in [0, 0.1) is 11.8 Å². The molecule has 1 aromatic heterocycles. The zero-order valence-corrected chi connectivity index (χ0v) is 11.3. The SMILES string of the molecule is O=C(O)[C@@H]1CN(S(=O)(=O)c2cccnc2)C[C@H]1C(F)(F)F. The zero-order valence-electron chi connectivity index (χ0n) is 10.5. The number of hydrogen-bond acceptors (Lipinski definition) is 4. The maximum Gasteiger partial charge on any atom is 0.393 e. The molecule has 1 N–H and O–H groups in total. The minimum absolute atomic E-state index is 0.267. The van der Waals surface area contributed by atoms with E-state index in [2.05, 4.69) is 4.98 Å². The highest BCUT2D eigenvalue weighted by molar-refractivity contribution is 7.89. The van der Waals surface area contributed by atoms with Gasteiger partial charge in [-0.25, -0.2) is 8.42 Å². The van der Waals surface area contributed by atoms with Crippen molar-refractivity contribution >= 4 is 16.0 Å². The van der Waals surface area contributed by atoms with Gasteiger partial charge in [-0.3, -0.25) is 9.78 Å². The Morgan fingerprint density at radius 2 is 2.05 bits per heavy atom. The number of halogens is 3. The molecule has 2 atom stereocenters. The van der Waals surface area contributed by atoms with Crippen LogP contribution in [0.2, 0.25) is 0 Å². The van der Waals surface area contributed by atoms with E-state index in [1.54, 1.807) is 0 Å². The van der Waals surface area contributed by atoms with Gasteiger partial charge in [0.05, 0.1) is 11.8 Å². The molecule has 1 aliphatic rings. The van der Waals surface area contributed by atoms with Crippen LogP contribution in [0.1, 0.15) is 0 Å². The number of nitrogens with zero attached hydrogens (tertiary/aromatic N) is 2. The van der Waals surface area contributed by atoms with Crippen molar-refractivity contribution in [3.63, 3.8) is 0 Å². The maximum atomic E-state index is 12.8. The van der Waals surface area contributed by atoms with Gasteiger partial charge >= 0.3 is 12.1 Å². The smallest absolute Gasteiger partial charge is 0.393 e. The first kappa shape index (κ1) is 15.7. The number of sulfonamides is 1. The van der Waals surface area contributed by atoms with E-state index in [-0.39, 0.29) is 4.90 Å². The van der Waals surface area contributed by atoms with Crippen LogP contribution >= 0.6 is 0 Å². The van der Waals surface area contributed by atoms with Gasteiger partial charge in [0.1, 0.15) is 4.90 Å². The molecule has 0 saturated carbocycles. The molecule has 0 aliphatic carbocycles. The number of aromatic nitrogens is 1. The molecule has 0 aromatic carbocycles. The highest BCUT2D eigenvalue weighted by atomic mass is 32.2. The standard InChI is InChI=1S/C11H11F3N2O4S/c12-11(13,14)9-6-16(5-8(9)10(17)18)21(19,20)7-2-1-3-15-4-7/h1-4,8-9H,5-6H2,(H,17,18)/t8-,9-/m1/s1. The quantitative estimate of drug-likeness (QED) is 0.895. The number of rotatable bonds is 3. The number of carboxylic acid groups (broad SMARTS) is 1. The molecule has 0 bridgehead atoms. The fraction of sp³-hybridized carbons (Fsp3) is 0.455. The lowest BCUT2D eigenvalue weighted by atomic mass is 9.96. The Labute approximate surface area is 118 Å². The molecule has 0 radical (unpaired) electrons. The van der Waals surface area contributed by atoms with E-state index >= 15 is 0 Å². The minimum Gasteiger partial charge on any atom is -0.481 e. The lowest BCUT2D eigenvalue weighted by molar-refractivity contribution is -0.187. The van der Waals surface area contributed by atoms with Crippen molar-refractivity contribution in [2.45, 2.75) is 11.1 Å². The highest BCUT2D eigenvalue weighted by Crippen LogP contribution is 2.39. The van der Waals surface area contributed by atoms with Gasteiger partial charge in [-0.2, -0.15) is 17.5 Å². The first-order valence-electron chi connectivity index (χ1n) is 5.83. The maximum absolute atomic E-state index is 12.8. The summed E-state index contributed by atoms with van der Waals surface area (Å²) in [6.07, 6.45) is -2.45. The molecule has 21 heavy (non-hydrogen) atoms.